The molecule has 2 amide bonds. The molecule has 2 saturated heterocycles. The molecule has 292 valence electrons. The number of rotatable bonds is 9. The number of amides is 2. The highest BCUT2D eigenvalue weighted by Gasteiger charge is 2.32. The summed E-state index contributed by atoms with van der Waals surface area (Å²) in [6, 6.07) is 8.18. The maximum atomic E-state index is 13.0. The van der Waals surface area contributed by atoms with Crippen LogP contribution in [0.25, 0.3) is 0 Å². The average Bonchev–Trinajstić information content (AvgIpc) is 3.91. The molecule has 2 fully saturated rings. The Morgan fingerprint density at radius 2 is 1.54 bits per heavy atom. The summed E-state index contributed by atoms with van der Waals surface area (Å²) in [4.78, 5) is 48.2. The Bertz CT molecular complexity index is 1740. The standard InChI is InChI=1S/C24H33N5O.C17H27N5O2/c1-3-4-5-6-17-7-9-18(10-8-17)24(30)29-14-12-19(16-29)22-27-21-15-26-13-11-20(21)23(25-2)28-22;1-17(2,3)24-16(23)22-8-6-12-13(10-22)20-14(21-15(12)18-4)11-5-7-19-9-11/h7-10,19,26H,3-6,11-16H2,1-2H3,(H,25,27,28);11,19H,5-10H2,1-4H3,(H,18,20,21). The molecule has 13 heteroatoms. The number of aromatic nitrogens is 4. The van der Waals surface area contributed by atoms with Crippen molar-refractivity contribution in [3.63, 3.8) is 0 Å². The van der Waals surface area contributed by atoms with Gasteiger partial charge in [-0.1, -0.05) is 31.9 Å². The van der Waals surface area contributed by atoms with Crippen LogP contribution >= 0.6 is 0 Å². The molecule has 0 aliphatic carbocycles. The molecule has 2 aromatic heterocycles. The topological polar surface area (TPSA) is 150 Å². The van der Waals surface area contributed by atoms with Gasteiger partial charge in [-0.2, -0.15) is 0 Å². The summed E-state index contributed by atoms with van der Waals surface area (Å²) in [7, 11) is 3.81. The minimum absolute atomic E-state index is 0.117. The van der Waals surface area contributed by atoms with Crippen molar-refractivity contribution in [2.24, 2.45) is 0 Å². The summed E-state index contributed by atoms with van der Waals surface area (Å²) in [5.41, 5.74) is 5.99. The molecule has 0 spiro atoms. The summed E-state index contributed by atoms with van der Waals surface area (Å²) < 4.78 is 5.50. The molecule has 13 nitrogen and oxygen atoms in total. The second kappa shape index (κ2) is 17.9. The number of hydrogen-bond donors (Lipinski definition) is 4. The zero-order chi connectivity index (χ0) is 38.2. The van der Waals surface area contributed by atoms with Gasteiger partial charge < -0.3 is 35.8 Å². The fourth-order valence-electron chi connectivity index (χ4n) is 7.70. The van der Waals surface area contributed by atoms with Crippen LogP contribution in [0.2, 0.25) is 0 Å². The first-order valence-electron chi connectivity index (χ1n) is 20.0. The summed E-state index contributed by atoms with van der Waals surface area (Å²) >= 11 is 0. The number of fused-ring (bicyclic) bond motifs is 2. The number of benzene rings is 1. The van der Waals surface area contributed by atoms with Crippen molar-refractivity contribution in [2.45, 2.75) is 110 Å². The smallest absolute Gasteiger partial charge is 0.410 e. The van der Waals surface area contributed by atoms with Gasteiger partial charge in [-0.3, -0.25) is 4.79 Å². The molecule has 1 aromatic carbocycles. The lowest BCUT2D eigenvalue weighted by Crippen LogP contribution is -2.40. The Kier molecular flexibility index (Phi) is 13.0. The highest BCUT2D eigenvalue weighted by Crippen LogP contribution is 2.31. The molecule has 4 aliphatic heterocycles. The van der Waals surface area contributed by atoms with E-state index in [2.05, 4.69) is 40.3 Å². The molecule has 0 bridgehead atoms. The van der Waals surface area contributed by atoms with Crippen molar-refractivity contribution >= 4 is 23.6 Å². The van der Waals surface area contributed by atoms with Crippen molar-refractivity contribution in [1.82, 2.24) is 40.4 Å². The Hall–Kier alpha value is -4.36. The first-order valence-corrected chi connectivity index (χ1v) is 20.0. The Morgan fingerprint density at radius 1 is 0.833 bits per heavy atom. The van der Waals surface area contributed by atoms with E-state index in [0.29, 0.717) is 25.6 Å². The maximum absolute atomic E-state index is 13.0. The SMILES string of the molecule is CCCCCc1ccc(C(=O)N2CCC(c3nc4c(c(NC)n3)CCNC4)C2)cc1.CNc1nc(C2CCNC2)nc2c1CCN(C(=O)OC(C)(C)C)C2. The number of carbonyl (C=O) groups excluding carboxylic acids is 2. The number of nitrogens with one attached hydrogen (secondary N) is 4. The van der Waals surface area contributed by atoms with Gasteiger partial charge in [0.25, 0.3) is 5.91 Å². The molecule has 3 aromatic rings. The number of aryl methyl sites for hydroxylation is 1. The molecule has 0 radical (unpaired) electrons. The summed E-state index contributed by atoms with van der Waals surface area (Å²) in [6.07, 6.45) is 8.17. The first-order chi connectivity index (χ1) is 26.1. The van der Waals surface area contributed by atoms with Crippen LogP contribution in [0.1, 0.15) is 122 Å². The van der Waals surface area contributed by atoms with Crippen LogP contribution in [0.15, 0.2) is 24.3 Å². The Labute approximate surface area is 320 Å². The van der Waals surface area contributed by atoms with Gasteiger partial charge in [-0.05, 0) is 90.1 Å². The molecule has 6 heterocycles. The Morgan fingerprint density at radius 3 is 2.20 bits per heavy atom. The molecule has 7 rings (SSSR count). The van der Waals surface area contributed by atoms with Crippen LogP contribution < -0.4 is 21.3 Å². The number of ether oxygens (including phenoxy) is 1. The largest absolute Gasteiger partial charge is 0.444 e. The number of unbranched alkanes of at least 4 members (excludes halogenated alkanes) is 2. The van der Waals surface area contributed by atoms with E-state index in [9.17, 15) is 9.59 Å². The van der Waals surface area contributed by atoms with E-state index >= 15 is 0 Å². The molecule has 0 saturated carbocycles. The lowest BCUT2D eigenvalue weighted by atomic mass is 10.0. The minimum atomic E-state index is -0.486. The highest BCUT2D eigenvalue weighted by atomic mass is 16.6. The predicted octanol–water partition coefficient (Wildman–Crippen LogP) is 5.41. The van der Waals surface area contributed by atoms with Gasteiger partial charge in [0, 0.05) is 75.3 Å². The van der Waals surface area contributed by atoms with Gasteiger partial charge in [-0.15, -0.1) is 0 Å². The van der Waals surface area contributed by atoms with Crippen molar-refractivity contribution in [2.75, 3.05) is 64.0 Å². The van der Waals surface area contributed by atoms with Gasteiger partial charge >= 0.3 is 6.09 Å². The third-order valence-electron chi connectivity index (χ3n) is 10.7. The zero-order valence-corrected chi connectivity index (χ0v) is 33.2. The molecule has 54 heavy (non-hydrogen) atoms. The second-order valence-electron chi connectivity index (χ2n) is 15.9. The lowest BCUT2D eigenvalue weighted by Gasteiger charge is -2.31. The molecule has 4 aliphatic rings. The van der Waals surface area contributed by atoms with Crippen LogP contribution in [-0.2, 0) is 37.1 Å². The van der Waals surface area contributed by atoms with Crippen molar-refractivity contribution in [3.05, 3.63) is 69.6 Å². The Balaban J connectivity index is 0.000000189. The van der Waals surface area contributed by atoms with Gasteiger partial charge in [0.2, 0.25) is 0 Å². The van der Waals surface area contributed by atoms with Gasteiger partial charge in [-0.25, -0.2) is 24.7 Å². The van der Waals surface area contributed by atoms with Crippen LogP contribution in [0.4, 0.5) is 16.4 Å². The fraction of sp³-hybridized carbons (Fsp3) is 0.610. The van der Waals surface area contributed by atoms with E-state index in [-0.39, 0.29) is 17.9 Å². The maximum Gasteiger partial charge on any atom is 0.410 e. The summed E-state index contributed by atoms with van der Waals surface area (Å²) in [5, 5.41) is 13.2. The molecule has 2 unspecified atom stereocenters. The van der Waals surface area contributed by atoms with Crippen molar-refractivity contribution in [3.8, 4) is 0 Å². The zero-order valence-electron chi connectivity index (χ0n) is 33.2. The number of likely N-dealkylation sites (tertiary alicyclic amines) is 1. The number of nitrogens with zero attached hydrogens (tertiary/aromatic N) is 6. The van der Waals surface area contributed by atoms with E-state index in [4.69, 9.17) is 24.7 Å². The third kappa shape index (κ3) is 9.65. The predicted molar refractivity (Wildman–Crippen MR) is 212 cm³/mol. The first kappa shape index (κ1) is 39.3. The quantitative estimate of drug-likeness (QED) is 0.209. The second-order valence-corrected chi connectivity index (χ2v) is 15.9. The van der Waals surface area contributed by atoms with Crippen molar-refractivity contribution in [1.29, 1.82) is 0 Å². The number of anilines is 2. The average molecular weight is 741 g/mol. The number of hydrogen-bond acceptors (Lipinski definition) is 11. The fourth-order valence-corrected chi connectivity index (χ4v) is 7.70. The minimum Gasteiger partial charge on any atom is -0.444 e. The number of carbonyl (C=O) groups is 2. The van der Waals surface area contributed by atoms with E-state index in [1.807, 2.05) is 51.9 Å². The van der Waals surface area contributed by atoms with E-state index in [0.717, 1.165) is 111 Å². The van der Waals surface area contributed by atoms with Gasteiger partial charge in [0.05, 0.1) is 17.9 Å². The highest BCUT2D eigenvalue weighted by molar-refractivity contribution is 5.94. The van der Waals surface area contributed by atoms with Gasteiger partial charge in [0.1, 0.15) is 28.9 Å². The van der Waals surface area contributed by atoms with Crippen LogP contribution in [-0.4, -0.2) is 101 Å². The van der Waals surface area contributed by atoms with Crippen LogP contribution in [0, 0.1) is 0 Å². The van der Waals surface area contributed by atoms with Crippen molar-refractivity contribution < 1.29 is 14.3 Å². The van der Waals surface area contributed by atoms with E-state index in [1.54, 1.807) is 4.90 Å². The van der Waals surface area contributed by atoms with E-state index in [1.165, 1.54) is 30.4 Å². The lowest BCUT2D eigenvalue weighted by molar-refractivity contribution is 0.0220. The van der Waals surface area contributed by atoms with Crippen LogP contribution in [0.5, 0.6) is 0 Å². The normalized spacial score (nSPS) is 19.4. The molecular weight excluding hydrogens is 681 g/mol. The molecular formula is C41H60N10O3. The van der Waals surface area contributed by atoms with Crippen LogP contribution in [0.3, 0.4) is 0 Å². The monoisotopic (exact) mass is 740 g/mol. The van der Waals surface area contributed by atoms with Gasteiger partial charge in [0.15, 0.2) is 0 Å². The van der Waals surface area contributed by atoms with E-state index < -0.39 is 5.60 Å². The molecule has 4 N–H and O–H groups in total. The molecule has 2 atom stereocenters. The summed E-state index contributed by atoms with van der Waals surface area (Å²) in [5.74, 6) is 4.23. The third-order valence-corrected chi connectivity index (χ3v) is 10.7. The summed E-state index contributed by atoms with van der Waals surface area (Å²) in [6.45, 7) is 14.1.